The third kappa shape index (κ3) is 3.80. The van der Waals surface area contributed by atoms with Gasteiger partial charge in [-0.1, -0.05) is 24.4 Å². The molecule has 0 aliphatic heterocycles. The Hall–Kier alpha value is -1.36. The second-order valence-corrected chi connectivity index (χ2v) is 5.09. The van der Waals surface area contributed by atoms with Crippen LogP contribution < -0.4 is 11.1 Å². The molecule has 0 amide bonds. The number of nitrogens with one attached hydrogen (secondary N) is 1. The van der Waals surface area contributed by atoms with E-state index < -0.39 is 11.6 Å². The molecule has 3 N–H and O–H groups in total. The smallest absolute Gasteiger partial charge is 0.189 e. The number of rotatable bonds is 3. The lowest BCUT2D eigenvalue weighted by atomic mass is 10.2. The number of hydrogen-bond acceptors (Lipinski definition) is 1. The van der Waals surface area contributed by atoms with Crippen LogP contribution in [0.3, 0.4) is 0 Å². The van der Waals surface area contributed by atoms with Crippen molar-refractivity contribution < 1.29 is 8.78 Å². The summed E-state index contributed by atoms with van der Waals surface area (Å²) in [5.74, 6) is -0.971. The Balaban J connectivity index is 1.98. The first-order chi connectivity index (χ1) is 9.06. The first-order valence-electron chi connectivity index (χ1n) is 6.26. The van der Waals surface area contributed by atoms with Gasteiger partial charge in [-0.15, -0.1) is 0 Å². The Morgan fingerprint density at radius 2 is 2.00 bits per heavy atom. The number of aliphatic imine (C=N–C) groups is 1. The Bertz CT molecular complexity index is 485. The molecule has 0 atom stereocenters. The molecule has 0 radical (unpaired) electrons. The van der Waals surface area contributed by atoms with E-state index in [-0.39, 0.29) is 23.1 Å². The number of hydrogen-bond donors (Lipinski definition) is 2. The van der Waals surface area contributed by atoms with Gasteiger partial charge in [0, 0.05) is 11.6 Å². The van der Waals surface area contributed by atoms with Gasteiger partial charge in [-0.05, 0) is 25.0 Å². The predicted molar refractivity (Wildman–Crippen MR) is 72.1 cm³/mol. The van der Waals surface area contributed by atoms with Crippen molar-refractivity contribution in [1.82, 2.24) is 5.32 Å². The molecule has 19 heavy (non-hydrogen) atoms. The van der Waals surface area contributed by atoms with Crippen LogP contribution in [0.2, 0.25) is 5.02 Å². The summed E-state index contributed by atoms with van der Waals surface area (Å²) < 4.78 is 26.7. The second-order valence-electron chi connectivity index (χ2n) is 4.68. The topological polar surface area (TPSA) is 50.4 Å². The van der Waals surface area contributed by atoms with Crippen LogP contribution in [0.1, 0.15) is 31.2 Å². The minimum atomic E-state index is -0.657. The SMILES string of the molecule is NC(=NCc1cc(F)c(Cl)cc1F)NC1CCCC1. The Morgan fingerprint density at radius 3 is 2.68 bits per heavy atom. The molecular formula is C13H16ClF2N3. The average Bonchev–Trinajstić information content (AvgIpc) is 2.85. The van der Waals surface area contributed by atoms with E-state index in [4.69, 9.17) is 17.3 Å². The molecular weight excluding hydrogens is 272 g/mol. The molecule has 6 heteroatoms. The van der Waals surface area contributed by atoms with Gasteiger partial charge in [-0.25, -0.2) is 13.8 Å². The molecule has 0 aromatic heterocycles. The first-order valence-corrected chi connectivity index (χ1v) is 6.64. The minimum Gasteiger partial charge on any atom is -0.370 e. The number of nitrogens with zero attached hydrogens (tertiary/aromatic N) is 1. The number of benzene rings is 1. The van der Waals surface area contributed by atoms with E-state index in [1.807, 2.05) is 0 Å². The standard InChI is InChI=1S/C13H16ClF2N3/c14-10-6-11(15)8(5-12(10)16)7-18-13(17)19-9-3-1-2-4-9/h5-6,9H,1-4,7H2,(H3,17,18,19). The van der Waals surface area contributed by atoms with Gasteiger partial charge in [0.1, 0.15) is 11.6 Å². The molecule has 0 saturated heterocycles. The van der Waals surface area contributed by atoms with Crippen molar-refractivity contribution >= 4 is 17.6 Å². The number of guanidine groups is 1. The van der Waals surface area contributed by atoms with Gasteiger partial charge in [-0.2, -0.15) is 0 Å². The molecule has 104 valence electrons. The number of nitrogens with two attached hydrogens (primary N) is 1. The highest BCUT2D eigenvalue weighted by molar-refractivity contribution is 6.30. The first kappa shape index (κ1) is 14.1. The van der Waals surface area contributed by atoms with E-state index in [9.17, 15) is 8.78 Å². The van der Waals surface area contributed by atoms with Gasteiger partial charge in [-0.3, -0.25) is 0 Å². The maximum Gasteiger partial charge on any atom is 0.189 e. The van der Waals surface area contributed by atoms with Gasteiger partial charge in [0.05, 0.1) is 11.6 Å². The zero-order chi connectivity index (χ0) is 13.8. The Morgan fingerprint density at radius 1 is 1.32 bits per heavy atom. The van der Waals surface area contributed by atoms with Crippen LogP contribution in [0.25, 0.3) is 0 Å². The monoisotopic (exact) mass is 287 g/mol. The highest BCUT2D eigenvalue weighted by Gasteiger charge is 2.15. The summed E-state index contributed by atoms with van der Waals surface area (Å²) in [6, 6.07) is 2.34. The summed E-state index contributed by atoms with van der Waals surface area (Å²) in [4.78, 5) is 4.02. The highest BCUT2D eigenvalue weighted by atomic mass is 35.5. The molecule has 1 aromatic rings. The molecule has 1 aliphatic carbocycles. The average molecular weight is 288 g/mol. The molecule has 0 heterocycles. The van der Waals surface area contributed by atoms with E-state index in [0.29, 0.717) is 6.04 Å². The third-order valence-corrected chi connectivity index (χ3v) is 3.51. The Kier molecular flexibility index (Phi) is 4.58. The van der Waals surface area contributed by atoms with Crippen LogP contribution in [0.5, 0.6) is 0 Å². The van der Waals surface area contributed by atoms with E-state index >= 15 is 0 Å². The Labute approximate surface area is 115 Å². The van der Waals surface area contributed by atoms with E-state index in [2.05, 4.69) is 10.3 Å². The molecule has 0 bridgehead atoms. The molecule has 0 unspecified atom stereocenters. The molecule has 2 rings (SSSR count). The van der Waals surface area contributed by atoms with Gasteiger partial charge in [0.2, 0.25) is 0 Å². The quantitative estimate of drug-likeness (QED) is 0.510. The molecule has 3 nitrogen and oxygen atoms in total. The summed E-state index contributed by atoms with van der Waals surface area (Å²) in [5, 5.41) is 2.85. The zero-order valence-electron chi connectivity index (χ0n) is 10.4. The van der Waals surface area contributed by atoms with Gasteiger partial charge >= 0.3 is 0 Å². The van der Waals surface area contributed by atoms with Crippen LogP contribution in [-0.2, 0) is 6.54 Å². The predicted octanol–water partition coefficient (Wildman–Crippen LogP) is 2.97. The molecule has 1 saturated carbocycles. The summed E-state index contributed by atoms with van der Waals surface area (Å²) in [7, 11) is 0. The summed E-state index contributed by atoms with van der Waals surface area (Å²) in [6.07, 6.45) is 4.50. The van der Waals surface area contributed by atoms with Crippen molar-refractivity contribution in [3.05, 3.63) is 34.4 Å². The maximum atomic E-state index is 13.5. The van der Waals surface area contributed by atoms with Crippen molar-refractivity contribution in [3.63, 3.8) is 0 Å². The fourth-order valence-electron chi connectivity index (χ4n) is 2.18. The summed E-state index contributed by atoms with van der Waals surface area (Å²) in [5.41, 5.74) is 5.85. The molecule has 0 spiro atoms. The summed E-state index contributed by atoms with van der Waals surface area (Å²) >= 11 is 5.47. The van der Waals surface area contributed by atoms with Crippen LogP contribution in [0.4, 0.5) is 8.78 Å². The van der Waals surface area contributed by atoms with Crippen molar-refractivity contribution in [2.45, 2.75) is 38.3 Å². The fraction of sp³-hybridized carbons (Fsp3) is 0.462. The normalized spacial score (nSPS) is 16.9. The lowest BCUT2D eigenvalue weighted by Crippen LogP contribution is -2.38. The molecule has 1 fully saturated rings. The van der Waals surface area contributed by atoms with Crippen LogP contribution in [0, 0.1) is 11.6 Å². The highest BCUT2D eigenvalue weighted by Crippen LogP contribution is 2.20. The lowest BCUT2D eigenvalue weighted by molar-refractivity contribution is 0.585. The van der Waals surface area contributed by atoms with E-state index in [0.717, 1.165) is 25.0 Å². The van der Waals surface area contributed by atoms with Crippen molar-refractivity contribution in [2.75, 3.05) is 0 Å². The van der Waals surface area contributed by atoms with E-state index in [1.165, 1.54) is 12.8 Å². The fourth-order valence-corrected chi connectivity index (χ4v) is 2.33. The lowest BCUT2D eigenvalue weighted by Gasteiger charge is -2.12. The van der Waals surface area contributed by atoms with Crippen LogP contribution in [-0.4, -0.2) is 12.0 Å². The maximum absolute atomic E-state index is 13.5. The van der Waals surface area contributed by atoms with E-state index in [1.54, 1.807) is 0 Å². The zero-order valence-corrected chi connectivity index (χ0v) is 11.2. The largest absolute Gasteiger partial charge is 0.370 e. The van der Waals surface area contributed by atoms with Crippen LogP contribution in [0.15, 0.2) is 17.1 Å². The third-order valence-electron chi connectivity index (χ3n) is 3.22. The summed E-state index contributed by atoms with van der Waals surface area (Å²) in [6.45, 7) is -0.00846. The van der Waals surface area contributed by atoms with Crippen LogP contribution >= 0.6 is 11.6 Å². The van der Waals surface area contributed by atoms with Gasteiger partial charge in [0.15, 0.2) is 5.96 Å². The minimum absolute atomic E-state index is 0.00846. The van der Waals surface area contributed by atoms with Crippen molar-refractivity contribution in [1.29, 1.82) is 0 Å². The molecule has 1 aromatic carbocycles. The van der Waals surface area contributed by atoms with Gasteiger partial charge in [0.25, 0.3) is 0 Å². The van der Waals surface area contributed by atoms with Crippen molar-refractivity contribution in [2.24, 2.45) is 10.7 Å². The van der Waals surface area contributed by atoms with Gasteiger partial charge < -0.3 is 11.1 Å². The second kappa shape index (κ2) is 6.19. The number of halogens is 3. The van der Waals surface area contributed by atoms with Crippen molar-refractivity contribution in [3.8, 4) is 0 Å². The molecule has 1 aliphatic rings.